The molecule has 2 aliphatic rings. The summed E-state index contributed by atoms with van der Waals surface area (Å²) in [5.41, 5.74) is 0. The van der Waals surface area contributed by atoms with Crippen LogP contribution in [0.5, 0.6) is 0 Å². The van der Waals surface area contributed by atoms with Crippen molar-refractivity contribution >= 4 is 0 Å². The first kappa shape index (κ1) is 10.3. The fourth-order valence-electron chi connectivity index (χ4n) is 2.21. The molecule has 4 heteroatoms. The predicted octanol–water partition coefficient (Wildman–Crippen LogP) is 1.80. The third kappa shape index (κ3) is 2.42. The van der Waals surface area contributed by atoms with Gasteiger partial charge < -0.3 is 10.1 Å². The molecule has 1 saturated carbocycles. The molecule has 82 valence electrons. The molecule has 0 aromatic carbocycles. The zero-order valence-electron chi connectivity index (χ0n) is 8.22. The van der Waals surface area contributed by atoms with E-state index in [4.69, 9.17) is 4.74 Å². The maximum absolute atomic E-state index is 12.2. The molecule has 1 saturated heterocycles. The maximum atomic E-state index is 12.2. The minimum atomic E-state index is -2.13. The van der Waals surface area contributed by atoms with E-state index in [1.807, 2.05) is 0 Å². The van der Waals surface area contributed by atoms with E-state index in [9.17, 15) is 8.78 Å². The Balaban J connectivity index is 1.63. The third-order valence-corrected chi connectivity index (χ3v) is 3.16. The van der Waals surface area contributed by atoms with Gasteiger partial charge in [-0.2, -0.15) is 0 Å². The smallest absolute Gasteiger partial charge is 0.241 e. The number of alkyl halides is 2. The Hall–Kier alpha value is -0.220. The summed E-state index contributed by atoms with van der Waals surface area (Å²) < 4.78 is 29.7. The van der Waals surface area contributed by atoms with Gasteiger partial charge in [-0.1, -0.05) is 0 Å². The van der Waals surface area contributed by atoms with Crippen LogP contribution in [0.2, 0.25) is 0 Å². The van der Waals surface area contributed by atoms with Crippen LogP contribution in [0, 0.1) is 5.92 Å². The van der Waals surface area contributed by atoms with E-state index >= 15 is 0 Å². The van der Waals surface area contributed by atoms with Gasteiger partial charge >= 0.3 is 0 Å². The fourth-order valence-corrected chi connectivity index (χ4v) is 2.21. The van der Waals surface area contributed by atoms with Gasteiger partial charge in [0.2, 0.25) is 6.43 Å². The van der Waals surface area contributed by atoms with Crippen molar-refractivity contribution in [1.82, 2.24) is 5.32 Å². The van der Waals surface area contributed by atoms with Gasteiger partial charge in [0.1, 0.15) is 0 Å². The number of hydrogen-bond acceptors (Lipinski definition) is 2. The topological polar surface area (TPSA) is 21.3 Å². The lowest BCUT2D eigenvalue weighted by Gasteiger charge is -2.38. The molecule has 2 nitrogen and oxygen atoms in total. The van der Waals surface area contributed by atoms with Crippen molar-refractivity contribution in [2.24, 2.45) is 5.92 Å². The highest BCUT2D eigenvalue weighted by Gasteiger charge is 2.36. The van der Waals surface area contributed by atoms with Gasteiger partial charge in [-0.05, 0) is 25.7 Å². The highest BCUT2D eigenvalue weighted by molar-refractivity contribution is 4.89. The second-order valence-corrected chi connectivity index (χ2v) is 4.34. The van der Waals surface area contributed by atoms with E-state index in [0.29, 0.717) is 24.9 Å². The van der Waals surface area contributed by atoms with Crippen molar-refractivity contribution in [2.45, 2.75) is 44.2 Å². The van der Waals surface area contributed by atoms with Gasteiger partial charge in [-0.3, -0.25) is 0 Å². The number of halogens is 2. The van der Waals surface area contributed by atoms with Crippen LogP contribution < -0.4 is 5.32 Å². The Labute approximate surface area is 83.0 Å². The van der Waals surface area contributed by atoms with Gasteiger partial charge in [0.05, 0.1) is 6.61 Å². The summed E-state index contributed by atoms with van der Waals surface area (Å²) in [6.07, 6.45) is 1.34. The van der Waals surface area contributed by atoms with Crippen LogP contribution >= 0.6 is 0 Å². The van der Waals surface area contributed by atoms with Crippen LogP contribution in [0.4, 0.5) is 8.78 Å². The van der Waals surface area contributed by atoms with E-state index in [1.54, 1.807) is 0 Å². The highest BCUT2D eigenvalue weighted by atomic mass is 19.3. The van der Waals surface area contributed by atoms with E-state index in [2.05, 4.69) is 5.32 Å². The van der Waals surface area contributed by atoms with E-state index in [0.717, 1.165) is 26.1 Å². The third-order valence-electron chi connectivity index (χ3n) is 3.16. The van der Waals surface area contributed by atoms with E-state index in [1.165, 1.54) is 0 Å². The molecule has 0 bridgehead atoms. The number of rotatable bonds is 3. The van der Waals surface area contributed by atoms with Gasteiger partial charge in [-0.25, -0.2) is 8.78 Å². The molecular formula is C10H17F2NO. The summed E-state index contributed by atoms with van der Waals surface area (Å²) in [6.45, 7) is 1.60. The molecule has 1 aliphatic carbocycles. The maximum Gasteiger partial charge on any atom is 0.241 e. The van der Waals surface area contributed by atoms with Crippen LogP contribution in [-0.4, -0.2) is 31.7 Å². The van der Waals surface area contributed by atoms with Crippen molar-refractivity contribution in [1.29, 1.82) is 0 Å². The molecule has 0 amide bonds. The molecule has 1 N–H and O–H groups in total. The van der Waals surface area contributed by atoms with Crippen molar-refractivity contribution in [2.75, 3.05) is 13.2 Å². The van der Waals surface area contributed by atoms with Crippen LogP contribution in [0.1, 0.15) is 25.7 Å². The van der Waals surface area contributed by atoms with Crippen LogP contribution in [0.3, 0.4) is 0 Å². The van der Waals surface area contributed by atoms with Crippen molar-refractivity contribution in [3.05, 3.63) is 0 Å². The van der Waals surface area contributed by atoms with E-state index in [-0.39, 0.29) is 5.92 Å². The molecule has 14 heavy (non-hydrogen) atoms. The Morgan fingerprint density at radius 1 is 1.21 bits per heavy atom. The zero-order chi connectivity index (χ0) is 9.97. The molecule has 0 aromatic rings. The predicted molar refractivity (Wildman–Crippen MR) is 49.5 cm³/mol. The molecule has 0 spiro atoms. The Morgan fingerprint density at radius 2 is 2.00 bits per heavy atom. The quantitative estimate of drug-likeness (QED) is 0.758. The molecule has 1 aliphatic heterocycles. The first-order valence-corrected chi connectivity index (χ1v) is 5.37. The van der Waals surface area contributed by atoms with Crippen LogP contribution in [-0.2, 0) is 4.74 Å². The summed E-state index contributed by atoms with van der Waals surface area (Å²) in [5.74, 6) is -0.364. The molecular weight excluding hydrogens is 188 g/mol. The Morgan fingerprint density at radius 3 is 2.57 bits per heavy atom. The van der Waals surface area contributed by atoms with Crippen molar-refractivity contribution in [3.8, 4) is 0 Å². The first-order valence-electron chi connectivity index (χ1n) is 5.37. The number of nitrogens with one attached hydrogen (secondary N) is 1. The lowest BCUT2D eigenvalue weighted by Crippen LogP contribution is -2.50. The first-order chi connectivity index (χ1) is 6.75. The SMILES string of the molecule is FC(F)C1CC(N[C@H]2CCCOC2)C1. The molecule has 2 fully saturated rings. The standard InChI is InChI=1S/C10H17F2NO/c11-10(12)7-4-9(5-7)13-8-2-1-3-14-6-8/h7-10,13H,1-6H2/t7?,8-,9?/m0/s1. The lowest BCUT2D eigenvalue weighted by atomic mass is 9.80. The molecule has 1 atom stereocenters. The highest BCUT2D eigenvalue weighted by Crippen LogP contribution is 2.33. The average Bonchev–Trinajstić information content (AvgIpc) is 2.12. The Kier molecular flexibility index (Phi) is 3.34. The van der Waals surface area contributed by atoms with Crippen molar-refractivity contribution < 1.29 is 13.5 Å². The summed E-state index contributed by atoms with van der Waals surface area (Å²) >= 11 is 0. The summed E-state index contributed by atoms with van der Waals surface area (Å²) in [6, 6.07) is 0.702. The number of ether oxygens (including phenoxy) is 1. The largest absolute Gasteiger partial charge is 0.380 e. The summed E-state index contributed by atoms with van der Waals surface area (Å²) in [7, 11) is 0. The van der Waals surface area contributed by atoms with Gasteiger partial charge in [0, 0.05) is 24.6 Å². The van der Waals surface area contributed by atoms with Crippen molar-refractivity contribution in [3.63, 3.8) is 0 Å². The molecule has 1 heterocycles. The molecule has 0 aromatic heterocycles. The monoisotopic (exact) mass is 205 g/mol. The second kappa shape index (κ2) is 4.53. The van der Waals surface area contributed by atoms with E-state index < -0.39 is 6.43 Å². The fraction of sp³-hybridized carbons (Fsp3) is 1.00. The van der Waals surface area contributed by atoms with Gasteiger partial charge in [-0.15, -0.1) is 0 Å². The average molecular weight is 205 g/mol. The van der Waals surface area contributed by atoms with Gasteiger partial charge in [0.15, 0.2) is 0 Å². The summed E-state index contributed by atoms with van der Waals surface area (Å²) in [4.78, 5) is 0. The molecule has 0 radical (unpaired) electrons. The number of hydrogen-bond donors (Lipinski definition) is 1. The second-order valence-electron chi connectivity index (χ2n) is 4.34. The van der Waals surface area contributed by atoms with Crippen LogP contribution in [0.25, 0.3) is 0 Å². The minimum absolute atomic E-state index is 0.306. The van der Waals surface area contributed by atoms with Crippen LogP contribution in [0.15, 0.2) is 0 Å². The molecule has 0 unspecified atom stereocenters. The Bertz CT molecular complexity index is 177. The minimum Gasteiger partial charge on any atom is -0.380 e. The lowest BCUT2D eigenvalue weighted by molar-refractivity contribution is 0.00268. The normalized spacial score (nSPS) is 38.4. The molecule has 2 rings (SSSR count). The van der Waals surface area contributed by atoms with Gasteiger partial charge in [0.25, 0.3) is 0 Å². The summed E-state index contributed by atoms with van der Waals surface area (Å²) in [5, 5.41) is 3.38. The zero-order valence-corrected chi connectivity index (χ0v) is 8.22.